The van der Waals surface area contributed by atoms with Crippen molar-refractivity contribution in [2.45, 2.75) is 13.0 Å². The van der Waals surface area contributed by atoms with Crippen molar-refractivity contribution >= 4 is 0 Å². The predicted octanol–water partition coefficient (Wildman–Crippen LogP) is -0.667. The second kappa shape index (κ2) is 4.88. The lowest BCUT2D eigenvalue weighted by Gasteiger charge is -2.08. The van der Waals surface area contributed by atoms with Crippen LogP contribution in [-0.2, 0) is 13.0 Å². The van der Waals surface area contributed by atoms with Crippen LogP contribution >= 0.6 is 0 Å². The van der Waals surface area contributed by atoms with Crippen molar-refractivity contribution in [2.75, 3.05) is 20.6 Å². The quantitative estimate of drug-likeness (QED) is 0.670. The zero-order chi connectivity index (χ0) is 10.6. The molecule has 5 heteroatoms. The smallest absolute Gasteiger partial charge is 0.251 e. The molecule has 0 amide bonds. The van der Waals surface area contributed by atoms with E-state index in [9.17, 15) is 4.79 Å². The summed E-state index contributed by atoms with van der Waals surface area (Å²) in [6.45, 7) is 1.16. The third kappa shape index (κ3) is 3.27. The van der Waals surface area contributed by atoms with Crippen molar-refractivity contribution in [2.24, 2.45) is 5.73 Å². The van der Waals surface area contributed by atoms with Gasteiger partial charge in [0.1, 0.15) is 5.82 Å². The number of H-pyrrole nitrogens is 1. The van der Waals surface area contributed by atoms with Crippen molar-refractivity contribution in [3.8, 4) is 0 Å². The molecule has 1 rings (SSSR count). The van der Waals surface area contributed by atoms with Gasteiger partial charge >= 0.3 is 0 Å². The molecule has 0 aliphatic carbocycles. The van der Waals surface area contributed by atoms with Crippen molar-refractivity contribution in [3.63, 3.8) is 0 Å². The summed E-state index contributed by atoms with van der Waals surface area (Å²) >= 11 is 0. The van der Waals surface area contributed by atoms with Crippen molar-refractivity contribution in [3.05, 3.63) is 27.9 Å². The van der Waals surface area contributed by atoms with E-state index < -0.39 is 0 Å². The molecule has 0 saturated heterocycles. The molecule has 5 nitrogen and oxygen atoms in total. The summed E-state index contributed by atoms with van der Waals surface area (Å²) < 4.78 is 0. The fraction of sp³-hybridized carbons (Fsp3) is 0.556. The lowest BCUT2D eigenvalue weighted by atomic mass is 10.3. The van der Waals surface area contributed by atoms with Gasteiger partial charge in [-0.05, 0) is 14.1 Å². The minimum absolute atomic E-state index is 0.130. The van der Waals surface area contributed by atoms with Gasteiger partial charge in [-0.15, -0.1) is 0 Å². The van der Waals surface area contributed by atoms with Crippen LogP contribution in [0, 0.1) is 0 Å². The Kier molecular flexibility index (Phi) is 3.79. The predicted molar refractivity (Wildman–Crippen MR) is 55.0 cm³/mol. The molecule has 1 heterocycles. The van der Waals surface area contributed by atoms with Gasteiger partial charge in [0, 0.05) is 25.6 Å². The van der Waals surface area contributed by atoms with E-state index in [4.69, 9.17) is 5.73 Å². The topological polar surface area (TPSA) is 75.0 Å². The summed E-state index contributed by atoms with van der Waals surface area (Å²) in [6, 6.07) is 1.43. The summed E-state index contributed by atoms with van der Waals surface area (Å²) in [5.74, 6) is 0.701. The van der Waals surface area contributed by atoms with Gasteiger partial charge in [-0.1, -0.05) is 0 Å². The summed E-state index contributed by atoms with van der Waals surface area (Å²) in [5, 5.41) is 0. The Labute approximate surface area is 83.0 Å². The van der Waals surface area contributed by atoms with Crippen LogP contribution in [0.3, 0.4) is 0 Å². The third-order valence-corrected chi connectivity index (χ3v) is 1.85. The maximum atomic E-state index is 11.1. The molecule has 0 atom stereocenters. The molecule has 0 saturated carbocycles. The van der Waals surface area contributed by atoms with Crippen LogP contribution in [0.2, 0.25) is 0 Å². The minimum atomic E-state index is -0.130. The van der Waals surface area contributed by atoms with Crippen LogP contribution in [-0.4, -0.2) is 35.5 Å². The van der Waals surface area contributed by atoms with Gasteiger partial charge in [-0.3, -0.25) is 4.79 Å². The first kappa shape index (κ1) is 10.9. The van der Waals surface area contributed by atoms with Crippen LogP contribution in [0.15, 0.2) is 10.9 Å². The molecule has 1 aromatic heterocycles. The summed E-state index contributed by atoms with van der Waals surface area (Å²) in [4.78, 5) is 20.1. The average molecular weight is 196 g/mol. The van der Waals surface area contributed by atoms with Crippen molar-refractivity contribution in [1.82, 2.24) is 14.9 Å². The normalized spacial score (nSPS) is 10.9. The highest BCUT2D eigenvalue weighted by Crippen LogP contribution is 1.92. The highest BCUT2D eigenvalue weighted by Gasteiger charge is 2.00. The van der Waals surface area contributed by atoms with Crippen molar-refractivity contribution in [1.29, 1.82) is 0 Å². The Balaban J connectivity index is 2.76. The first-order chi connectivity index (χ1) is 6.61. The molecule has 0 unspecified atom stereocenters. The van der Waals surface area contributed by atoms with Gasteiger partial charge < -0.3 is 15.6 Å². The molecule has 0 fully saturated rings. The van der Waals surface area contributed by atoms with E-state index in [0.29, 0.717) is 18.1 Å². The molecule has 0 aliphatic heterocycles. The van der Waals surface area contributed by atoms with Gasteiger partial charge in [-0.2, -0.15) is 0 Å². The van der Waals surface area contributed by atoms with E-state index in [2.05, 4.69) is 9.97 Å². The minimum Gasteiger partial charge on any atom is -0.325 e. The maximum Gasteiger partial charge on any atom is 0.251 e. The second-order valence-corrected chi connectivity index (χ2v) is 3.44. The Morgan fingerprint density at radius 2 is 2.29 bits per heavy atom. The van der Waals surface area contributed by atoms with E-state index in [-0.39, 0.29) is 5.56 Å². The molecular weight excluding hydrogens is 180 g/mol. The van der Waals surface area contributed by atoms with Gasteiger partial charge in [0.05, 0.1) is 5.69 Å². The molecule has 1 aromatic rings. The number of aromatic nitrogens is 2. The molecule has 78 valence electrons. The number of nitrogens with zero attached hydrogens (tertiary/aromatic N) is 2. The molecule has 0 aromatic carbocycles. The number of hydrogen-bond acceptors (Lipinski definition) is 4. The van der Waals surface area contributed by atoms with E-state index in [1.165, 1.54) is 6.07 Å². The SMILES string of the molecule is CN(C)CCc1nc(CN)cc(=O)[nH]1. The number of hydrogen-bond donors (Lipinski definition) is 2. The first-order valence-corrected chi connectivity index (χ1v) is 4.55. The van der Waals surface area contributed by atoms with Gasteiger partial charge in [-0.25, -0.2) is 4.98 Å². The molecule has 0 bridgehead atoms. The second-order valence-electron chi connectivity index (χ2n) is 3.44. The summed E-state index contributed by atoms with van der Waals surface area (Å²) in [7, 11) is 3.95. The number of rotatable bonds is 4. The largest absolute Gasteiger partial charge is 0.325 e. The first-order valence-electron chi connectivity index (χ1n) is 4.55. The highest BCUT2D eigenvalue weighted by atomic mass is 16.1. The van der Waals surface area contributed by atoms with Gasteiger partial charge in [0.2, 0.25) is 0 Å². The highest BCUT2D eigenvalue weighted by molar-refractivity contribution is 5.02. The van der Waals surface area contributed by atoms with Crippen LogP contribution in [0.4, 0.5) is 0 Å². The Hall–Kier alpha value is -1.20. The van der Waals surface area contributed by atoms with E-state index >= 15 is 0 Å². The summed E-state index contributed by atoms with van der Waals surface area (Å²) in [6.07, 6.45) is 0.732. The van der Waals surface area contributed by atoms with E-state index in [1.807, 2.05) is 19.0 Å². The van der Waals surface area contributed by atoms with Crippen LogP contribution in [0.5, 0.6) is 0 Å². The fourth-order valence-electron chi connectivity index (χ4n) is 1.12. The van der Waals surface area contributed by atoms with E-state index in [1.54, 1.807) is 0 Å². The third-order valence-electron chi connectivity index (χ3n) is 1.85. The van der Waals surface area contributed by atoms with Crippen LogP contribution in [0.1, 0.15) is 11.5 Å². The fourth-order valence-corrected chi connectivity index (χ4v) is 1.12. The monoisotopic (exact) mass is 196 g/mol. The molecule has 0 spiro atoms. The maximum absolute atomic E-state index is 11.1. The molecular formula is C9H16N4O. The summed E-state index contributed by atoms with van der Waals surface area (Å²) in [5.41, 5.74) is 5.93. The van der Waals surface area contributed by atoms with Crippen LogP contribution in [0.25, 0.3) is 0 Å². The van der Waals surface area contributed by atoms with Crippen LogP contribution < -0.4 is 11.3 Å². The lowest BCUT2D eigenvalue weighted by Crippen LogP contribution is -2.20. The van der Waals surface area contributed by atoms with Gasteiger partial charge in [0.15, 0.2) is 0 Å². The Morgan fingerprint density at radius 3 is 2.86 bits per heavy atom. The average Bonchev–Trinajstić information content (AvgIpc) is 2.14. The molecule has 0 radical (unpaired) electrons. The van der Waals surface area contributed by atoms with Gasteiger partial charge in [0.25, 0.3) is 5.56 Å². The lowest BCUT2D eigenvalue weighted by molar-refractivity contribution is 0.409. The number of nitrogens with two attached hydrogens (primary N) is 1. The Morgan fingerprint density at radius 1 is 1.57 bits per heavy atom. The number of nitrogens with one attached hydrogen (secondary N) is 1. The number of likely N-dealkylation sites (N-methyl/N-ethyl adjacent to an activating group) is 1. The standard InChI is InChI=1S/C9H16N4O/c1-13(2)4-3-8-11-7(6-10)5-9(14)12-8/h5H,3-4,6,10H2,1-2H3,(H,11,12,14). The zero-order valence-electron chi connectivity index (χ0n) is 8.58. The Bertz CT molecular complexity index is 345. The molecule has 3 N–H and O–H groups in total. The zero-order valence-corrected chi connectivity index (χ0v) is 8.58. The molecule has 0 aliphatic rings. The van der Waals surface area contributed by atoms with Crippen molar-refractivity contribution < 1.29 is 0 Å². The van der Waals surface area contributed by atoms with E-state index in [0.717, 1.165) is 13.0 Å². The molecule has 14 heavy (non-hydrogen) atoms. The number of aromatic amines is 1.